The Balaban J connectivity index is 1.49. The largest absolute Gasteiger partial charge is 0.296 e. The number of rotatable bonds is 4. The Bertz CT molecular complexity index is 958. The molecule has 0 N–H and O–H groups in total. The molecule has 0 unspecified atom stereocenters. The van der Waals surface area contributed by atoms with Gasteiger partial charge in [0.2, 0.25) is 0 Å². The molecule has 0 radical (unpaired) electrons. The van der Waals surface area contributed by atoms with Crippen molar-refractivity contribution in [1.82, 2.24) is 14.9 Å². The van der Waals surface area contributed by atoms with Crippen LogP contribution in [0.1, 0.15) is 54.0 Å². The fourth-order valence-corrected chi connectivity index (χ4v) is 4.69. The maximum atomic E-state index is 4.73. The maximum absolute atomic E-state index is 4.73. The number of aryl methyl sites for hydroxylation is 3. The van der Waals surface area contributed by atoms with Gasteiger partial charge in [0, 0.05) is 35.1 Å². The van der Waals surface area contributed by atoms with Gasteiger partial charge in [-0.05, 0) is 94.8 Å². The van der Waals surface area contributed by atoms with Crippen molar-refractivity contribution in [3.05, 3.63) is 70.7 Å². The first-order valence-electron chi connectivity index (χ1n) is 10.5. The van der Waals surface area contributed by atoms with Crippen LogP contribution in [0.5, 0.6) is 0 Å². The van der Waals surface area contributed by atoms with Gasteiger partial charge in [0.15, 0.2) is 0 Å². The van der Waals surface area contributed by atoms with Crippen molar-refractivity contribution in [2.45, 2.75) is 53.0 Å². The Morgan fingerprint density at radius 2 is 1.71 bits per heavy atom. The van der Waals surface area contributed by atoms with Crippen molar-refractivity contribution >= 4 is 10.9 Å². The second-order valence-corrected chi connectivity index (χ2v) is 8.55. The lowest BCUT2D eigenvalue weighted by atomic mass is 9.89. The Hall–Kier alpha value is -2.26. The van der Waals surface area contributed by atoms with Crippen molar-refractivity contribution in [3.8, 4) is 0 Å². The van der Waals surface area contributed by atoms with Gasteiger partial charge in [0.05, 0.1) is 5.52 Å². The van der Waals surface area contributed by atoms with Crippen LogP contribution in [0.4, 0.5) is 0 Å². The van der Waals surface area contributed by atoms with E-state index in [0.717, 1.165) is 34.9 Å². The molecule has 1 fully saturated rings. The van der Waals surface area contributed by atoms with Crippen LogP contribution in [0.25, 0.3) is 10.9 Å². The van der Waals surface area contributed by atoms with Crippen molar-refractivity contribution in [2.75, 3.05) is 13.1 Å². The number of pyridine rings is 2. The molecule has 0 spiro atoms. The van der Waals surface area contributed by atoms with E-state index in [1.54, 1.807) is 0 Å². The molecular weight excluding hydrogens is 342 g/mol. The highest BCUT2D eigenvalue weighted by Gasteiger charge is 2.25. The molecule has 1 aliphatic rings. The van der Waals surface area contributed by atoms with Crippen LogP contribution in [0.3, 0.4) is 0 Å². The number of fused-ring (bicyclic) bond motifs is 1. The van der Waals surface area contributed by atoms with Crippen LogP contribution in [0, 0.1) is 26.7 Å². The maximum Gasteiger partial charge on any atom is 0.0708 e. The average Bonchev–Trinajstić information content (AvgIpc) is 2.66. The number of hydrogen-bond acceptors (Lipinski definition) is 3. The van der Waals surface area contributed by atoms with Crippen LogP contribution < -0.4 is 0 Å². The highest BCUT2D eigenvalue weighted by molar-refractivity contribution is 5.79. The number of likely N-dealkylation sites (tertiary alicyclic amines) is 1. The number of piperidine rings is 1. The minimum atomic E-state index is 0.426. The average molecular weight is 374 g/mol. The first-order chi connectivity index (χ1) is 13.5. The van der Waals surface area contributed by atoms with Crippen LogP contribution in [-0.2, 0) is 6.42 Å². The van der Waals surface area contributed by atoms with Gasteiger partial charge in [0.1, 0.15) is 0 Å². The highest BCUT2D eigenvalue weighted by Crippen LogP contribution is 2.30. The van der Waals surface area contributed by atoms with E-state index in [2.05, 4.69) is 80.0 Å². The molecular formula is C25H31N3. The van der Waals surface area contributed by atoms with E-state index in [9.17, 15) is 0 Å². The monoisotopic (exact) mass is 373 g/mol. The smallest absolute Gasteiger partial charge is 0.0708 e. The summed E-state index contributed by atoms with van der Waals surface area (Å²) < 4.78 is 0. The summed E-state index contributed by atoms with van der Waals surface area (Å²) in [4.78, 5) is 11.9. The van der Waals surface area contributed by atoms with E-state index >= 15 is 0 Å². The summed E-state index contributed by atoms with van der Waals surface area (Å²) in [5.74, 6) is 0.721. The molecule has 3 aromatic rings. The third-order valence-corrected chi connectivity index (χ3v) is 6.10. The Kier molecular flexibility index (Phi) is 5.45. The topological polar surface area (TPSA) is 29.0 Å². The zero-order valence-electron chi connectivity index (χ0n) is 17.6. The minimum absolute atomic E-state index is 0.426. The predicted octanol–water partition coefficient (Wildman–Crippen LogP) is 5.57. The quantitative estimate of drug-likeness (QED) is 0.598. The summed E-state index contributed by atoms with van der Waals surface area (Å²) in [6.07, 6.45) is 3.76. The van der Waals surface area contributed by atoms with Gasteiger partial charge in [-0.15, -0.1) is 0 Å². The first kappa shape index (κ1) is 19.1. The van der Waals surface area contributed by atoms with Crippen molar-refractivity contribution in [3.63, 3.8) is 0 Å². The fraction of sp³-hybridized carbons (Fsp3) is 0.440. The van der Waals surface area contributed by atoms with Gasteiger partial charge in [-0.2, -0.15) is 0 Å². The summed E-state index contributed by atoms with van der Waals surface area (Å²) in [6.45, 7) is 11.0. The summed E-state index contributed by atoms with van der Waals surface area (Å²) >= 11 is 0. The molecule has 1 aliphatic heterocycles. The third-order valence-electron chi connectivity index (χ3n) is 6.10. The first-order valence-corrected chi connectivity index (χ1v) is 10.5. The van der Waals surface area contributed by atoms with Crippen molar-refractivity contribution in [1.29, 1.82) is 0 Å². The molecule has 146 valence electrons. The van der Waals surface area contributed by atoms with E-state index in [4.69, 9.17) is 4.98 Å². The van der Waals surface area contributed by atoms with Crippen LogP contribution >= 0.6 is 0 Å². The number of hydrogen-bond donors (Lipinski definition) is 0. The summed E-state index contributed by atoms with van der Waals surface area (Å²) in [5, 5.41) is 1.22. The Morgan fingerprint density at radius 1 is 0.964 bits per heavy atom. The number of benzene rings is 1. The molecule has 3 heteroatoms. The summed E-state index contributed by atoms with van der Waals surface area (Å²) in [6, 6.07) is 16.0. The van der Waals surface area contributed by atoms with Crippen LogP contribution in [0.15, 0.2) is 42.5 Å². The standard InChI is InChI=1S/C25H31N3/c1-17-7-8-23-9-10-24(15-25(23)27-17)20(4)28-11-5-6-21(16-28)14-22-12-18(2)26-19(3)13-22/h7-10,12-13,15,20-21H,5-6,11,14,16H2,1-4H3/t20-,21+/m0/s1. The van der Waals surface area contributed by atoms with Gasteiger partial charge in [0.25, 0.3) is 0 Å². The summed E-state index contributed by atoms with van der Waals surface area (Å²) in [5.41, 5.74) is 7.28. The normalized spacial score (nSPS) is 19.1. The Morgan fingerprint density at radius 3 is 2.50 bits per heavy atom. The van der Waals surface area contributed by atoms with Gasteiger partial charge in [-0.25, -0.2) is 0 Å². The van der Waals surface area contributed by atoms with E-state index in [1.165, 1.54) is 42.4 Å². The van der Waals surface area contributed by atoms with Crippen molar-refractivity contribution < 1.29 is 0 Å². The Labute approximate surface area is 168 Å². The van der Waals surface area contributed by atoms with E-state index in [1.807, 2.05) is 0 Å². The molecule has 3 heterocycles. The third kappa shape index (κ3) is 4.25. The molecule has 0 amide bonds. The van der Waals surface area contributed by atoms with E-state index in [-0.39, 0.29) is 0 Å². The molecule has 1 saturated heterocycles. The molecule has 3 nitrogen and oxygen atoms in total. The summed E-state index contributed by atoms with van der Waals surface area (Å²) in [7, 11) is 0. The second-order valence-electron chi connectivity index (χ2n) is 8.55. The molecule has 0 bridgehead atoms. The van der Waals surface area contributed by atoms with Gasteiger partial charge in [-0.3, -0.25) is 14.9 Å². The van der Waals surface area contributed by atoms with Crippen LogP contribution in [-0.4, -0.2) is 28.0 Å². The SMILES string of the molecule is Cc1cc(C[C@H]2CCCN([C@@H](C)c3ccc4ccc(C)nc4c3)C2)cc(C)n1. The van der Waals surface area contributed by atoms with Gasteiger partial charge in [-0.1, -0.05) is 18.2 Å². The van der Waals surface area contributed by atoms with Gasteiger partial charge < -0.3 is 0 Å². The molecule has 0 aliphatic carbocycles. The molecule has 2 aromatic heterocycles. The van der Waals surface area contributed by atoms with Crippen LogP contribution in [0.2, 0.25) is 0 Å². The predicted molar refractivity (Wildman–Crippen MR) is 117 cm³/mol. The lowest BCUT2D eigenvalue weighted by Gasteiger charge is -2.37. The number of nitrogens with zero attached hydrogens (tertiary/aromatic N) is 3. The van der Waals surface area contributed by atoms with Crippen molar-refractivity contribution in [2.24, 2.45) is 5.92 Å². The molecule has 1 aromatic carbocycles. The van der Waals surface area contributed by atoms with E-state index in [0.29, 0.717) is 6.04 Å². The second kappa shape index (κ2) is 8.00. The lowest BCUT2D eigenvalue weighted by molar-refractivity contribution is 0.131. The molecule has 28 heavy (non-hydrogen) atoms. The zero-order valence-corrected chi connectivity index (χ0v) is 17.6. The van der Waals surface area contributed by atoms with Gasteiger partial charge >= 0.3 is 0 Å². The van der Waals surface area contributed by atoms with E-state index < -0.39 is 0 Å². The number of aromatic nitrogens is 2. The fourth-order valence-electron chi connectivity index (χ4n) is 4.69. The minimum Gasteiger partial charge on any atom is -0.296 e. The molecule has 4 rings (SSSR count). The lowest BCUT2D eigenvalue weighted by Crippen LogP contribution is -2.38. The molecule has 0 saturated carbocycles. The highest BCUT2D eigenvalue weighted by atomic mass is 15.2. The zero-order chi connectivity index (χ0) is 19.7. The molecule has 2 atom stereocenters.